The fraction of sp³-hybridized carbons (Fsp3) is 0.800. The quantitative estimate of drug-likeness (QED) is 0.860. The molecule has 1 atom stereocenters. The molecule has 0 amide bonds. The van der Waals surface area contributed by atoms with Crippen LogP contribution in [0.15, 0.2) is 12.3 Å². The molecule has 1 aliphatic rings. The van der Waals surface area contributed by atoms with Crippen molar-refractivity contribution in [1.82, 2.24) is 9.78 Å². The van der Waals surface area contributed by atoms with Gasteiger partial charge in [-0.05, 0) is 32.8 Å². The average Bonchev–Trinajstić information content (AvgIpc) is 2.86. The van der Waals surface area contributed by atoms with Crippen LogP contribution >= 0.6 is 0 Å². The number of nitrogens with two attached hydrogens (primary N) is 1. The van der Waals surface area contributed by atoms with Crippen molar-refractivity contribution in [1.29, 1.82) is 0 Å². The highest BCUT2D eigenvalue weighted by Crippen LogP contribution is 2.27. The van der Waals surface area contributed by atoms with Gasteiger partial charge in [0, 0.05) is 18.7 Å². The molecule has 2 N–H and O–H groups in total. The van der Waals surface area contributed by atoms with Gasteiger partial charge in [-0.25, -0.2) is 0 Å². The molecule has 1 unspecified atom stereocenters. The average molecular weight is 265 g/mol. The summed E-state index contributed by atoms with van der Waals surface area (Å²) in [5, 5.41) is 4.68. The van der Waals surface area contributed by atoms with E-state index in [4.69, 9.17) is 10.5 Å². The molecule has 108 valence electrons. The third-order valence-corrected chi connectivity index (χ3v) is 3.73. The Morgan fingerprint density at radius 3 is 2.79 bits per heavy atom. The maximum absolute atomic E-state index is 6.07. The van der Waals surface area contributed by atoms with Crippen molar-refractivity contribution < 1.29 is 4.74 Å². The van der Waals surface area contributed by atoms with E-state index in [2.05, 4.69) is 22.0 Å². The first-order valence-corrected chi connectivity index (χ1v) is 7.56. The molecule has 0 aromatic carbocycles. The molecule has 0 saturated heterocycles. The van der Waals surface area contributed by atoms with E-state index in [1.165, 1.54) is 32.1 Å². The maximum Gasteiger partial charge on any atom is 0.0641 e. The zero-order valence-corrected chi connectivity index (χ0v) is 12.2. The van der Waals surface area contributed by atoms with Crippen LogP contribution in [-0.2, 0) is 11.2 Å². The number of ether oxygens (including phenoxy) is 1. The smallest absolute Gasteiger partial charge is 0.0641 e. The molecule has 1 aromatic heterocycles. The Morgan fingerprint density at radius 1 is 1.37 bits per heavy atom. The van der Waals surface area contributed by atoms with E-state index in [-0.39, 0.29) is 12.1 Å². The third kappa shape index (κ3) is 4.62. The lowest BCUT2D eigenvalue weighted by Gasteiger charge is -2.21. The summed E-state index contributed by atoms with van der Waals surface area (Å²) in [5.41, 5.74) is 7.16. The zero-order valence-electron chi connectivity index (χ0n) is 12.2. The monoisotopic (exact) mass is 265 g/mol. The molecule has 0 aliphatic heterocycles. The fourth-order valence-corrected chi connectivity index (χ4v) is 2.68. The normalized spacial score (nSPS) is 18.9. The number of aromatic nitrogens is 2. The molecule has 1 fully saturated rings. The van der Waals surface area contributed by atoms with Crippen LogP contribution in [0.5, 0.6) is 0 Å². The zero-order chi connectivity index (χ0) is 13.7. The van der Waals surface area contributed by atoms with Gasteiger partial charge in [-0.2, -0.15) is 5.10 Å². The van der Waals surface area contributed by atoms with Gasteiger partial charge in [-0.3, -0.25) is 4.68 Å². The largest absolute Gasteiger partial charge is 0.377 e. The maximum atomic E-state index is 6.07. The fourth-order valence-electron chi connectivity index (χ4n) is 2.68. The van der Waals surface area contributed by atoms with Crippen molar-refractivity contribution in [2.24, 2.45) is 5.73 Å². The summed E-state index contributed by atoms with van der Waals surface area (Å²) in [7, 11) is 0. The van der Waals surface area contributed by atoms with E-state index < -0.39 is 0 Å². The first-order chi connectivity index (χ1) is 9.15. The highest BCUT2D eigenvalue weighted by molar-refractivity contribution is 5.02. The topological polar surface area (TPSA) is 53.1 Å². The predicted molar refractivity (Wildman–Crippen MR) is 77.1 cm³/mol. The molecule has 1 aliphatic carbocycles. The minimum absolute atomic E-state index is 0.0390. The molecule has 1 saturated carbocycles. The Labute approximate surface area is 116 Å². The van der Waals surface area contributed by atoms with Gasteiger partial charge >= 0.3 is 0 Å². The van der Waals surface area contributed by atoms with Gasteiger partial charge in [-0.1, -0.05) is 19.3 Å². The van der Waals surface area contributed by atoms with Crippen LogP contribution in [0.2, 0.25) is 0 Å². The Kier molecular flexibility index (Phi) is 5.40. The molecule has 4 nitrogen and oxygen atoms in total. The summed E-state index contributed by atoms with van der Waals surface area (Å²) in [4.78, 5) is 0. The van der Waals surface area contributed by atoms with E-state index in [1.807, 2.05) is 13.8 Å². The van der Waals surface area contributed by atoms with Gasteiger partial charge in [-0.15, -0.1) is 0 Å². The Hall–Kier alpha value is -0.870. The van der Waals surface area contributed by atoms with Gasteiger partial charge < -0.3 is 10.5 Å². The standard InChI is InChI=1S/C15H27N3O/c1-12(2)19-11-13(16)10-14-8-9-18(17-14)15-6-4-3-5-7-15/h8-9,12-13,15H,3-7,10-11,16H2,1-2H3. The molecular weight excluding hydrogens is 238 g/mol. The van der Waals surface area contributed by atoms with Crippen LogP contribution in [0.4, 0.5) is 0 Å². The molecule has 1 heterocycles. The second-order valence-electron chi connectivity index (χ2n) is 5.93. The van der Waals surface area contributed by atoms with Crippen LogP contribution in [0.1, 0.15) is 57.7 Å². The Morgan fingerprint density at radius 2 is 2.11 bits per heavy atom. The summed E-state index contributed by atoms with van der Waals surface area (Å²) in [5.74, 6) is 0. The summed E-state index contributed by atoms with van der Waals surface area (Å²) in [6, 6.07) is 2.74. The van der Waals surface area contributed by atoms with E-state index in [1.54, 1.807) is 0 Å². The first-order valence-electron chi connectivity index (χ1n) is 7.56. The lowest BCUT2D eigenvalue weighted by Crippen LogP contribution is -2.30. The Bertz CT molecular complexity index is 369. The van der Waals surface area contributed by atoms with E-state index in [9.17, 15) is 0 Å². The van der Waals surface area contributed by atoms with Crippen molar-refractivity contribution in [3.63, 3.8) is 0 Å². The van der Waals surface area contributed by atoms with Gasteiger partial charge in [0.05, 0.1) is 24.4 Å². The van der Waals surface area contributed by atoms with Gasteiger partial charge in [0.25, 0.3) is 0 Å². The van der Waals surface area contributed by atoms with Gasteiger partial charge in [0.1, 0.15) is 0 Å². The summed E-state index contributed by atoms with van der Waals surface area (Å²) in [6.45, 7) is 4.67. The van der Waals surface area contributed by atoms with Crippen molar-refractivity contribution in [3.8, 4) is 0 Å². The van der Waals surface area contributed by atoms with Crippen molar-refractivity contribution in [2.45, 2.75) is 70.6 Å². The predicted octanol–water partition coefficient (Wildman–Crippen LogP) is 2.68. The Balaban J connectivity index is 1.82. The van der Waals surface area contributed by atoms with E-state index >= 15 is 0 Å². The highest BCUT2D eigenvalue weighted by atomic mass is 16.5. The van der Waals surface area contributed by atoms with Crippen LogP contribution in [0, 0.1) is 0 Å². The number of hydrogen-bond donors (Lipinski definition) is 1. The van der Waals surface area contributed by atoms with Crippen LogP contribution in [0.3, 0.4) is 0 Å². The summed E-state index contributed by atoms with van der Waals surface area (Å²) < 4.78 is 7.68. The molecule has 0 bridgehead atoms. The SMILES string of the molecule is CC(C)OCC(N)Cc1ccn(C2CCCCC2)n1. The van der Waals surface area contributed by atoms with Gasteiger partial charge in [0.15, 0.2) is 0 Å². The third-order valence-electron chi connectivity index (χ3n) is 3.73. The van der Waals surface area contributed by atoms with Crippen LogP contribution < -0.4 is 5.73 Å². The molecular formula is C15H27N3O. The minimum atomic E-state index is 0.0390. The van der Waals surface area contributed by atoms with Gasteiger partial charge in [0.2, 0.25) is 0 Å². The van der Waals surface area contributed by atoms with E-state index in [0.29, 0.717) is 12.6 Å². The molecule has 0 spiro atoms. The molecule has 0 radical (unpaired) electrons. The first kappa shape index (κ1) is 14.5. The molecule has 4 heteroatoms. The van der Waals surface area contributed by atoms with Crippen molar-refractivity contribution in [2.75, 3.05) is 6.61 Å². The number of hydrogen-bond acceptors (Lipinski definition) is 3. The number of rotatable bonds is 6. The summed E-state index contributed by atoms with van der Waals surface area (Å²) in [6.07, 6.45) is 9.73. The summed E-state index contributed by atoms with van der Waals surface area (Å²) >= 11 is 0. The van der Waals surface area contributed by atoms with E-state index in [0.717, 1.165) is 12.1 Å². The van der Waals surface area contributed by atoms with Crippen molar-refractivity contribution >= 4 is 0 Å². The lowest BCUT2D eigenvalue weighted by molar-refractivity contribution is 0.0682. The van der Waals surface area contributed by atoms with Crippen molar-refractivity contribution in [3.05, 3.63) is 18.0 Å². The minimum Gasteiger partial charge on any atom is -0.377 e. The second-order valence-corrected chi connectivity index (χ2v) is 5.93. The molecule has 19 heavy (non-hydrogen) atoms. The second kappa shape index (κ2) is 7.06. The highest BCUT2D eigenvalue weighted by Gasteiger charge is 2.16. The molecule has 1 aromatic rings. The number of nitrogens with zero attached hydrogens (tertiary/aromatic N) is 2. The molecule has 2 rings (SSSR count). The van der Waals surface area contributed by atoms with Crippen LogP contribution in [-0.4, -0.2) is 28.5 Å². The van der Waals surface area contributed by atoms with Crippen LogP contribution in [0.25, 0.3) is 0 Å². The lowest BCUT2D eigenvalue weighted by atomic mass is 9.96.